The number of hydrogen-bond donors (Lipinski definition) is 1. The van der Waals surface area contributed by atoms with E-state index in [0.717, 1.165) is 22.0 Å². The average Bonchev–Trinajstić information content (AvgIpc) is 2.71. The number of hydrogen-bond acceptors (Lipinski definition) is 4. The lowest BCUT2D eigenvalue weighted by Gasteiger charge is -2.16. The van der Waals surface area contributed by atoms with Crippen LogP contribution >= 0.6 is 11.3 Å². The number of aryl methyl sites for hydroxylation is 3. The van der Waals surface area contributed by atoms with Crippen molar-refractivity contribution in [3.63, 3.8) is 0 Å². The smallest absolute Gasteiger partial charge is 0.0992 e. The monoisotopic (exact) mass is 271 g/mol. The standard InChI is InChI=1S/C15H17N3S/c1-9-5-6-13(8-16)7-14(9)17-10(2)15-11(3)19-12(4)18-15/h5-7,10,17H,1-4H3. The topological polar surface area (TPSA) is 48.7 Å². The predicted molar refractivity (Wildman–Crippen MR) is 79.5 cm³/mol. The predicted octanol–water partition coefficient (Wildman–Crippen LogP) is 4.11. The van der Waals surface area contributed by atoms with Gasteiger partial charge in [-0.25, -0.2) is 4.98 Å². The Balaban J connectivity index is 2.26. The summed E-state index contributed by atoms with van der Waals surface area (Å²) >= 11 is 1.72. The van der Waals surface area contributed by atoms with Crippen molar-refractivity contribution in [2.75, 3.05) is 5.32 Å². The molecule has 0 bridgehead atoms. The SMILES string of the molecule is Cc1nc(C(C)Nc2cc(C#N)ccc2C)c(C)s1. The van der Waals surface area contributed by atoms with Crippen molar-refractivity contribution in [2.45, 2.75) is 33.7 Å². The summed E-state index contributed by atoms with van der Waals surface area (Å²) in [4.78, 5) is 5.81. The van der Waals surface area contributed by atoms with Gasteiger partial charge in [-0.3, -0.25) is 0 Å². The summed E-state index contributed by atoms with van der Waals surface area (Å²) in [5.74, 6) is 0. The van der Waals surface area contributed by atoms with Crippen molar-refractivity contribution < 1.29 is 0 Å². The molecular weight excluding hydrogens is 254 g/mol. The van der Waals surface area contributed by atoms with Crippen molar-refractivity contribution in [1.82, 2.24) is 4.98 Å². The Bertz CT molecular complexity index is 637. The minimum atomic E-state index is 0.137. The molecule has 1 heterocycles. The Morgan fingerprint density at radius 2 is 2.05 bits per heavy atom. The van der Waals surface area contributed by atoms with Crippen LogP contribution in [0.15, 0.2) is 18.2 Å². The zero-order valence-corrected chi connectivity index (χ0v) is 12.4. The first kappa shape index (κ1) is 13.6. The van der Waals surface area contributed by atoms with Crippen LogP contribution in [-0.4, -0.2) is 4.98 Å². The number of nitrogens with zero attached hydrogens (tertiary/aromatic N) is 2. The molecular formula is C15H17N3S. The van der Waals surface area contributed by atoms with Crippen LogP contribution in [0.1, 0.15) is 39.7 Å². The Labute approximate surface area is 117 Å². The fraction of sp³-hybridized carbons (Fsp3) is 0.333. The third-order valence-corrected chi connectivity index (χ3v) is 3.99. The lowest BCUT2D eigenvalue weighted by Crippen LogP contribution is -2.09. The fourth-order valence-electron chi connectivity index (χ4n) is 2.10. The van der Waals surface area contributed by atoms with Crippen LogP contribution in [0, 0.1) is 32.1 Å². The van der Waals surface area contributed by atoms with Gasteiger partial charge in [0.05, 0.1) is 28.4 Å². The molecule has 0 radical (unpaired) electrons. The van der Waals surface area contributed by atoms with Crippen LogP contribution in [0.5, 0.6) is 0 Å². The molecule has 4 heteroatoms. The van der Waals surface area contributed by atoms with Crippen molar-refractivity contribution >= 4 is 17.0 Å². The van der Waals surface area contributed by atoms with Crippen molar-refractivity contribution in [1.29, 1.82) is 5.26 Å². The second-order valence-corrected chi connectivity index (χ2v) is 6.09. The van der Waals surface area contributed by atoms with Gasteiger partial charge in [-0.1, -0.05) is 6.07 Å². The molecule has 0 amide bonds. The van der Waals surface area contributed by atoms with Crippen LogP contribution < -0.4 is 5.32 Å². The maximum absolute atomic E-state index is 8.96. The normalized spacial score (nSPS) is 11.9. The first-order valence-electron chi connectivity index (χ1n) is 6.22. The lowest BCUT2D eigenvalue weighted by atomic mass is 10.1. The maximum atomic E-state index is 8.96. The largest absolute Gasteiger partial charge is 0.377 e. The van der Waals surface area contributed by atoms with Gasteiger partial charge in [0.25, 0.3) is 0 Å². The zero-order chi connectivity index (χ0) is 14.0. The molecule has 0 aliphatic heterocycles. The molecule has 0 saturated heterocycles. The van der Waals surface area contributed by atoms with Crippen LogP contribution in [0.4, 0.5) is 5.69 Å². The second-order valence-electron chi connectivity index (χ2n) is 4.68. The summed E-state index contributed by atoms with van der Waals surface area (Å²) in [6, 6.07) is 8.00. The Morgan fingerprint density at radius 3 is 2.63 bits per heavy atom. The molecule has 1 aromatic heterocycles. The van der Waals surface area contributed by atoms with Gasteiger partial charge in [0, 0.05) is 10.6 Å². The highest BCUT2D eigenvalue weighted by Crippen LogP contribution is 2.27. The molecule has 98 valence electrons. The quantitative estimate of drug-likeness (QED) is 0.913. The first-order chi connectivity index (χ1) is 9.01. The second kappa shape index (κ2) is 5.41. The van der Waals surface area contributed by atoms with E-state index in [1.54, 1.807) is 11.3 Å². The van der Waals surface area contributed by atoms with Gasteiger partial charge in [0.1, 0.15) is 0 Å². The van der Waals surface area contributed by atoms with Crippen LogP contribution in [0.25, 0.3) is 0 Å². The molecule has 19 heavy (non-hydrogen) atoms. The van der Waals surface area contributed by atoms with E-state index in [0.29, 0.717) is 5.56 Å². The van der Waals surface area contributed by atoms with Gasteiger partial charge in [-0.15, -0.1) is 11.3 Å². The van der Waals surface area contributed by atoms with Gasteiger partial charge in [-0.05, 0) is 45.4 Å². The van der Waals surface area contributed by atoms with Crippen molar-refractivity contribution in [3.05, 3.63) is 44.9 Å². The molecule has 0 saturated carbocycles. The van der Waals surface area contributed by atoms with Gasteiger partial charge in [0.15, 0.2) is 0 Å². The van der Waals surface area contributed by atoms with E-state index in [-0.39, 0.29) is 6.04 Å². The van der Waals surface area contributed by atoms with Crippen LogP contribution in [0.2, 0.25) is 0 Å². The van der Waals surface area contributed by atoms with Crippen LogP contribution in [0.3, 0.4) is 0 Å². The van der Waals surface area contributed by atoms with Crippen molar-refractivity contribution in [2.24, 2.45) is 0 Å². The highest BCUT2D eigenvalue weighted by Gasteiger charge is 2.14. The number of anilines is 1. The van der Waals surface area contributed by atoms with Gasteiger partial charge in [0.2, 0.25) is 0 Å². The number of nitriles is 1. The lowest BCUT2D eigenvalue weighted by molar-refractivity contribution is 0.835. The molecule has 0 aliphatic carbocycles. The summed E-state index contributed by atoms with van der Waals surface area (Å²) in [6.07, 6.45) is 0. The van der Waals surface area contributed by atoms with Crippen LogP contribution in [-0.2, 0) is 0 Å². The molecule has 0 fully saturated rings. The number of rotatable bonds is 3. The molecule has 2 rings (SSSR count). The van der Waals surface area contributed by atoms with E-state index in [1.165, 1.54) is 4.88 Å². The molecule has 3 nitrogen and oxygen atoms in total. The minimum Gasteiger partial charge on any atom is -0.377 e. The van der Waals surface area contributed by atoms with E-state index in [9.17, 15) is 0 Å². The average molecular weight is 271 g/mol. The van der Waals surface area contributed by atoms with E-state index < -0.39 is 0 Å². The van der Waals surface area contributed by atoms with Gasteiger partial charge >= 0.3 is 0 Å². The highest BCUT2D eigenvalue weighted by atomic mass is 32.1. The molecule has 1 aromatic carbocycles. The Hall–Kier alpha value is -1.86. The number of thiazole rings is 1. The van der Waals surface area contributed by atoms with Crippen molar-refractivity contribution in [3.8, 4) is 6.07 Å². The molecule has 0 spiro atoms. The third kappa shape index (κ3) is 2.94. The highest BCUT2D eigenvalue weighted by molar-refractivity contribution is 7.11. The third-order valence-electron chi connectivity index (χ3n) is 3.09. The Kier molecular flexibility index (Phi) is 3.87. The molecule has 1 atom stereocenters. The van der Waals surface area contributed by atoms with E-state index in [4.69, 9.17) is 5.26 Å². The molecule has 1 unspecified atom stereocenters. The summed E-state index contributed by atoms with van der Waals surface area (Å²) < 4.78 is 0. The molecule has 0 aliphatic rings. The summed E-state index contributed by atoms with van der Waals surface area (Å²) in [6.45, 7) is 8.25. The summed E-state index contributed by atoms with van der Waals surface area (Å²) in [7, 11) is 0. The summed E-state index contributed by atoms with van der Waals surface area (Å²) in [5, 5.41) is 13.5. The van der Waals surface area contributed by atoms with E-state index in [2.05, 4.69) is 30.2 Å². The molecule has 1 N–H and O–H groups in total. The minimum absolute atomic E-state index is 0.137. The van der Waals surface area contributed by atoms with E-state index >= 15 is 0 Å². The number of nitrogens with one attached hydrogen (secondary N) is 1. The first-order valence-corrected chi connectivity index (χ1v) is 7.04. The van der Waals surface area contributed by atoms with E-state index in [1.807, 2.05) is 32.0 Å². The molecule has 2 aromatic rings. The zero-order valence-electron chi connectivity index (χ0n) is 11.6. The van der Waals surface area contributed by atoms with Gasteiger partial charge in [-0.2, -0.15) is 5.26 Å². The number of aromatic nitrogens is 1. The fourth-order valence-corrected chi connectivity index (χ4v) is 3.01. The van der Waals surface area contributed by atoms with Gasteiger partial charge < -0.3 is 5.32 Å². The summed E-state index contributed by atoms with van der Waals surface area (Å²) in [5.41, 5.74) is 3.89. The number of benzene rings is 1. The Morgan fingerprint density at radius 1 is 1.32 bits per heavy atom. The maximum Gasteiger partial charge on any atom is 0.0992 e.